The number of benzene rings is 2. The molecule has 6 rings (SSSR count). The van der Waals surface area contributed by atoms with Crippen molar-refractivity contribution in [3.8, 4) is 0 Å². The predicted molar refractivity (Wildman–Crippen MR) is 194 cm³/mol. The minimum Gasteiger partial charge on any atom is -0.274 e. The van der Waals surface area contributed by atoms with E-state index < -0.39 is 11.1 Å². The van der Waals surface area contributed by atoms with Gasteiger partial charge in [-0.05, 0) is 99.4 Å². The second kappa shape index (κ2) is 14.8. The summed E-state index contributed by atoms with van der Waals surface area (Å²) in [5.41, 5.74) is 0.631. The van der Waals surface area contributed by atoms with Gasteiger partial charge in [0.25, 0.3) is 11.8 Å². The van der Waals surface area contributed by atoms with Gasteiger partial charge in [0.15, 0.2) is 0 Å². The van der Waals surface area contributed by atoms with Crippen molar-refractivity contribution in [3.05, 3.63) is 93.8 Å². The van der Waals surface area contributed by atoms with Crippen molar-refractivity contribution in [2.75, 3.05) is 23.0 Å². The number of imide groups is 2. The van der Waals surface area contributed by atoms with Gasteiger partial charge in [0.1, 0.15) is 0 Å². The minimum atomic E-state index is -0.687. The van der Waals surface area contributed by atoms with Gasteiger partial charge in [0, 0.05) is 22.0 Å². The Labute approximate surface area is 291 Å². The molecule has 0 spiro atoms. The van der Waals surface area contributed by atoms with Crippen LogP contribution >= 0.6 is 35.3 Å². The normalized spacial score (nSPS) is 23.6. The van der Waals surface area contributed by atoms with E-state index in [1.165, 1.54) is 0 Å². The Morgan fingerprint density at radius 3 is 1.45 bits per heavy atom. The van der Waals surface area contributed by atoms with Crippen LogP contribution in [0.25, 0.3) is 0 Å². The molecule has 0 saturated carbocycles. The number of rotatable bonds is 14. The number of carbonyl (C=O) groups excluding carboxylic acids is 4. The van der Waals surface area contributed by atoms with E-state index in [0.717, 1.165) is 95.3 Å². The number of unbranched alkanes of at least 4 members (excludes halogenated alkanes) is 2. The first-order valence-electron chi connectivity index (χ1n) is 16.9. The van der Waals surface area contributed by atoms with E-state index in [2.05, 4.69) is 13.8 Å². The third-order valence-corrected chi connectivity index (χ3v) is 13.7. The zero-order valence-electron chi connectivity index (χ0n) is 27.3. The molecule has 0 aromatic heterocycles. The number of fused-ring (bicyclic) bond motifs is 2. The number of nitrogens with zero attached hydrogens (tertiary/aromatic N) is 2. The van der Waals surface area contributed by atoms with Crippen molar-refractivity contribution >= 4 is 58.9 Å². The molecule has 0 N–H and O–H groups in total. The maximum atomic E-state index is 13.6. The fourth-order valence-corrected chi connectivity index (χ4v) is 10.9. The SMILES string of the molecule is CC(CCCCSCCCCC(C)(c1ccccc1)N1C(=O)C=C2SCCC2C1=O)(c1ccccc1)N1C(=O)C=C2SCCC2C1=O. The van der Waals surface area contributed by atoms with Crippen LogP contribution in [0.1, 0.15) is 76.3 Å². The maximum Gasteiger partial charge on any atom is 0.254 e. The van der Waals surface area contributed by atoms with Crippen molar-refractivity contribution in [2.24, 2.45) is 11.8 Å². The first-order chi connectivity index (χ1) is 22.7. The Hall–Kier alpha value is -2.75. The molecule has 4 amide bonds. The van der Waals surface area contributed by atoms with E-state index in [-0.39, 0.29) is 35.5 Å². The van der Waals surface area contributed by atoms with E-state index in [0.29, 0.717) is 0 Å². The molecule has 9 heteroatoms. The van der Waals surface area contributed by atoms with E-state index in [1.807, 2.05) is 72.4 Å². The van der Waals surface area contributed by atoms with Crippen molar-refractivity contribution < 1.29 is 19.2 Å². The Balaban J connectivity index is 1.02. The van der Waals surface area contributed by atoms with E-state index >= 15 is 0 Å². The monoisotopic (exact) mass is 688 g/mol. The summed E-state index contributed by atoms with van der Waals surface area (Å²) in [7, 11) is 0. The summed E-state index contributed by atoms with van der Waals surface area (Å²) in [6, 6.07) is 20.0. The van der Waals surface area contributed by atoms with Crippen molar-refractivity contribution in [3.63, 3.8) is 0 Å². The predicted octanol–water partition coefficient (Wildman–Crippen LogP) is 7.90. The highest BCUT2D eigenvalue weighted by molar-refractivity contribution is 8.03. The number of amides is 4. The first-order valence-corrected chi connectivity index (χ1v) is 20.0. The van der Waals surface area contributed by atoms with Gasteiger partial charge >= 0.3 is 0 Å². The lowest BCUT2D eigenvalue weighted by Crippen LogP contribution is -2.54. The smallest absolute Gasteiger partial charge is 0.254 e. The molecule has 4 atom stereocenters. The molecule has 4 heterocycles. The first kappa shape index (κ1) is 34.1. The fourth-order valence-electron chi connectivity index (χ4n) is 7.54. The lowest BCUT2D eigenvalue weighted by Gasteiger charge is -2.43. The summed E-state index contributed by atoms with van der Waals surface area (Å²) >= 11 is 5.21. The third-order valence-electron chi connectivity index (χ3n) is 10.2. The standard InChI is InChI=1S/C38H44N2O4S3/c1-37(27-13-5-3-6-14-27,39-33(41)25-31-29(35(39)43)17-23-46-31)19-9-11-21-45-22-12-10-20-38(2,28-15-7-4-8-16-28)40-34(42)26-32-30(36(40)44)18-24-47-32/h3-8,13-16,25-26,29-30H,9-12,17-24H2,1-2H3. The van der Waals surface area contributed by atoms with Crippen LogP contribution in [-0.2, 0) is 30.3 Å². The average Bonchev–Trinajstić information content (AvgIpc) is 3.75. The van der Waals surface area contributed by atoms with Crippen LogP contribution in [-0.4, -0.2) is 56.4 Å². The highest BCUT2D eigenvalue weighted by Crippen LogP contribution is 2.46. The van der Waals surface area contributed by atoms with Gasteiger partial charge in [0.05, 0.1) is 22.9 Å². The maximum absolute atomic E-state index is 13.6. The van der Waals surface area contributed by atoms with Crippen molar-refractivity contribution in [1.29, 1.82) is 0 Å². The molecule has 2 aromatic carbocycles. The molecule has 0 aliphatic carbocycles. The summed E-state index contributed by atoms with van der Waals surface area (Å²) < 4.78 is 0. The van der Waals surface area contributed by atoms with Crippen LogP contribution in [0.3, 0.4) is 0 Å². The van der Waals surface area contributed by atoms with Gasteiger partial charge < -0.3 is 0 Å². The van der Waals surface area contributed by atoms with Crippen LogP contribution in [0.5, 0.6) is 0 Å². The largest absolute Gasteiger partial charge is 0.274 e. The van der Waals surface area contributed by atoms with Crippen molar-refractivity contribution in [2.45, 2.75) is 76.3 Å². The molecule has 2 saturated heterocycles. The number of thioether (sulfide) groups is 3. The van der Waals surface area contributed by atoms with Gasteiger partial charge in [-0.3, -0.25) is 29.0 Å². The van der Waals surface area contributed by atoms with E-state index in [4.69, 9.17) is 0 Å². The Bertz CT molecular complexity index is 1450. The van der Waals surface area contributed by atoms with Gasteiger partial charge in [0.2, 0.25) is 11.8 Å². The molecule has 4 aliphatic rings. The molecule has 0 bridgehead atoms. The molecule has 2 fully saturated rings. The second-order valence-electron chi connectivity index (χ2n) is 13.3. The lowest BCUT2D eigenvalue weighted by molar-refractivity contribution is -0.154. The van der Waals surface area contributed by atoms with Crippen LogP contribution < -0.4 is 0 Å². The number of hydrogen-bond acceptors (Lipinski definition) is 7. The molecule has 4 aliphatic heterocycles. The van der Waals surface area contributed by atoms with Crippen LogP contribution in [0, 0.1) is 11.8 Å². The summed E-state index contributed by atoms with van der Waals surface area (Å²) in [6.45, 7) is 4.10. The lowest BCUT2D eigenvalue weighted by atomic mass is 9.82. The highest BCUT2D eigenvalue weighted by atomic mass is 32.2. The fraction of sp³-hybridized carbons (Fsp3) is 0.474. The van der Waals surface area contributed by atoms with E-state index in [9.17, 15) is 19.2 Å². The Kier molecular flexibility index (Phi) is 10.7. The van der Waals surface area contributed by atoms with Crippen LogP contribution in [0.15, 0.2) is 82.6 Å². The van der Waals surface area contributed by atoms with Crippen LogP contribution in [0.2, 0.25) is 0 Å². The molecule has 6 nitrogen and oxygen atoms in total. The topological polar surface area (TPSA) is 74.8 Å². The number of carbonyl (C=O) groups is 4. The zero-order chi connectivity index (χ0) is 33.0. The quantitative estimate of drug-likeness (QED) is 0.148. The molecule has 2 aromatic rings. The summed E-state index contributed by atoms with van der Waals surface area (Å²) in [5, 5.41) is 0. The number of hydrogen-bond donors (Lipinski definition) is 0. The van der Waals surface area contributed by atoms with E-state index in [1.54, 1.807) is 45.5 Å². The molecule has 47 heavy (non-hydrogen) atoms. The second-order valence-corrected chi connectivity index (χ2v) is 16.9. The zero-order valence-corrected chi connectivity index (χ0v) is 29.8. The molecule has 248 valence electrons. The highest BCUT2D eigenvalue weighted by Gasteiger charge is 2.48. The summed E-state index contributed by atoms with van der Waals surface area (Å²) in [4.78, 5) is 58.8. The van der Waals surface area contributed by atoms with Gasteiger partial charge in [-0.2, -0.15) is 11.8 Å². The third kappa shape index (κ3) is 6.90. The molecular weight excluding hydrogens is 645 g/mol. The average molecular weight is 689 g/mol. The Morgan fingerprint density at radius 1 is 0.638 bits per heavy atom. The van der Waals surface area contributed by atoms with Gasteiger partial charge in [-0.25, -0.2) is 0 Å². The summed E-state index contributed by atoms with van der Waals surface area (Å²) in [5.74, 6) is 2.95. The van der Waals surface area contributed by atoms with Crippen molar-refractivity contribution in [1.82, 2.24) is 9.80 Å². The molecule has 0 radical (unpaired) electrons. The Morgan fingerprint density at radius 2 is 1.04 bits per heavy atom. The van der Waals surface area contributed by atoms with Gasteiger partial charge in [-0.1, -0.05) is 60.7 Å². The summed E-state index contributed by atoms with van der Waals surface area (Å²) in [6.07, 6.45) is 10.2. The van der Waals surface area contributed by atoms with Gasteiger partial charge in [-0.15, -0.1) is 23.5 Å². The molecular formula is C38H44N2O4S3. The minimum absolute atomic E-state index is 0.0488. The van der Waals surface area contributed by atoms with Crippen LogP contribution in [0.4, 0.5) is 0 Å². The molecule has 4 unspecified atom stereocenters.